The lowest BCUT2D eigenvalue weighted by molar-refractivity contribution is -0.135. The summed E-state index contributed by atoms with van der Waals surface area (Å²) in [6.07, 6.45) is 4.31. The summed E-state index contributed by atoms with van der Waals surface area (Å²) in [7, 11) is 0. The van der Waals surface area contributed by atoms with Crippen molar-refractivity contribution >= 4 is 11.6 Å². The molecule has 0 bridgehead atoms. The van der Waals surface area contributed by atoms with Gasteiger partial charge in [-0.1, -0.05) is 38.1 Å². The summed E-state index contributed by atoms with van der Waals surface area (Å²) in [4.78, 5) is 24.4. The first kappa shape index (κ1) is 20.0. The number of aromatic nitrogens is 1. The maximum absolute atomic E-state index is 13.2. The molecule has 5 nitrogen and oxygen atoms in total. The van der Waals surface area contributed by atoms with Gasteiger partial charge in [-0.2, -0.15) is 0 Å². The standard InChI is InChI=1S/C22H26FN3O2/c1-22(2,3)12-21(27)26(14-16-6-8-18(23)9-7-16)15-19-11-20(25-28-19)17-5-4-10-24-13-17/h4-10,13,19H,11-12,14-15H2,1-3H3/t19-/m1/s1. The Labute approximate surface area is 165 Å². The Morgan fingerprint density at radius 2 is 2.00 bits per heavy atom. The molecule has 0 saturated carbocycles. The van der Waals surface area contributed by atoms with Crippen LogP contribution in [0.2, 0.25) is 0 Å². The van der Waals surface area contributed by atoms with Crippen molar-refractivity contribution in [3.8, 4) is 0 Å². The largest absolute Gasteiger partial charge is 0.390 e. The third-order valence-corrected chi connectivity index (χ3v) is 4.47. The Balaban J connectivity index is 1.68. The lowest BCUT2D eigenvalue weighted by atomic mass is 9.91. The van der Waals surface area contributed by atoms with E-state index >= 15 is 0 Å². The highest BCUT2D eigenvalue weighted by Gasteiger charge is 2.28. The number of pyridine rings is 1. The van der Waals surface area contributed by atoms with E-state index < -0.39 is 0 Å². The molecule has 0 fully saturated rings. The monoisotopic (exact) mass is 383 g/mol. The van der Waals surface area contributed by atoms with Crippen molar-refractivity contribution in [1.29, 1.82) is 0 Å². The fourth-order valence-electron chi connectivity index (χ4n) is 3.11. The number of amides is 1. The number of rotatable bonds is 6. The second-order valence-electron chi connectivity index (χ2n) is 8.35. The second kappa shape index (κ2) is 8.50. The molecule has 1 amide bonds. The van der Waals surface area contributed by atoms with Gasteiger partial charge < -0.3 is 9.74 Å². The highest BCUT2D eigenvalue weighted by molar-refractivity contribution is 6.01. The SMILES string of the molecule is CC(C)(C)CC(=O)N(Cc1ccc(F)cc1)C[C@H]1CC(c2cccnc2)=NO1. The Morgan fingerprint density at radius 3 is 2.64 bits per heavy atom. The van der Waals surface area contributed by atoms with Gasteiger partial charge in [0.25, 0.3) is 0 Å². The first-order valence-corrected chi connectivity index (χ1v) is 9.45. The first-order chi connectivity index (χ1) is 13.3. The highest BCUT2D eigenvalue weighted by atomic mass is 19.1. The van der Waals surface area contributed by atoms with Crippen LogP contribution < -0.4 is 0 Å². The predicted molar refractivity (Wildman–Crippen MR) is 106 cm³/mol. The fourth-order valence-corrected chi connectivity index (χ4v) is 3.11. The molecule has 0 spiro atoms. The van der Waals surface area contributed by atoms with Crippen molar-refractivity contribution in [2.45, 2.75) is 46.3 Å². The molecule has 0 radical (unpaired) electrons. The van der Waals surface area contributed by atoms with Crippen LogP contribution in [0.3, 0.4) is 0 Å². The molecule has 1 aromatic heterocycles. The molecular formula is C22H26FN3O2. The summed E-state index contributed by atoms with van der Waals surface area (Å²) >= 11 is 0. The van der Waals surface area contributed by atoms with Gasteiger partial charge >= 0.3 is 0 Å². The van der Waals surface area contributed by atoms with Crippen LogP contribution in [0.15, 0.2) is 53.9 Å². The van der Waals surface area contributed by atoms with Crippen LogP contribution in [0, 0.1) is 11.2 Å². The maximum atomic E-state index is 13.2. The van der Waals surface area contributed by atoms with Crippen LogP contribution in [0.4, 0.5) is 4.39 Å². The van der Waals surface area contributed by atoms with E-state index in [2.05, 4.69) is 10.1 Å². The van der Waals surface area contributed by atoms with E-state index in [0.717, 1.165) is 16.8 Å². The highest BCUT2D eigenvalue weighted by Crippen LogP contribution is 2.23. The molecule has 28 heavy (non-hydrogen) atoms. The summed E-state index contributed by atoms with van der Waals surface area (Å²) in [5.74, 6) is -0.236. The van der Waals surface area contributed by atoms with Crippen molar-refractivity contribution in [1.82, 2.24) is 9.88 Å². The van der Waals surface area contributed by atoms with Crippen LogP contribution in [0.1, 0.15) is 44.7 Å². The Hall–Kier alpha value is -2.76. The van der Waals surface area contributed by atoms with Gasteiger partial charge in [0.2, 0.25) is 5.91 Å². The molecule has 6 heteroatoms. The first-order valence-electron chi connectivity index (χ1n) is 9.45. The van der Waals surface area contributed by atoms with E-state index in [1.165, 1.54) is 12.1 Å². The Bertz CT molecular complexity index is 829. The molecule has 1 aliphatic rings. The third kappa shape index (κ3) is 5.62. The smallest absolute Gasteiger partial charge is 0.223 e. The van der Waals surface area contributed by atoms with Crippen LogP contribution in [-0.4, -0.2) is 34.2 Å². The Morgan fingerprint density at radius 1 is 1.25 bits per heavy atom. The lowest BCUT2D eigenvalue weighted by Crippen LogP contribution is -2.38. The molecule has 0 saturated heterocycles. The third-order valence-electron chi connectivity index (χ3n) is 4.47. The number of nitrogens with zero attached hydrogens (tertiary/aromatic N) is 3. The average Bonchev–Trinajstić information content (AvgIpc) is 3.11. The minimum atomic E-state index is -0.287. The van der Waals surface area contributed by atoms with E-state index in [1.54, 1.807) is 29.4 Å². The van der Waals surface area contributed by atoms with E-state index in [0.29, 0.717) is 25.9 Å². The van der Waals surface area contributed by atoms with Crippen molar-refractivity contribution in [3.05, 3.63) is 65.7 Å². The van der Waals surface area contributed by atoms with Gasteiger partial charge in [-0.05, 0) is 35.2 Å². The number of hydrogen-bond acceptors (Lipinski definition) is 4. The van der Waals surface area contributed by atoms with E-state index in [9.17, 15) is 9.18 Å². The summed E-state index contributed by atoms with van der Waals surface area (Å²) in [6, 6.07) is 10.0. The molecule has 0 unspecified atom stereocenters. The van der Waals surface area contributed by atoms with Crippen LogP contribution >= 0.6 is 0 Å². The van der Waals surface area contributed by atoms with Crippen molar-refractivity contribution in [3.63, 3.8) is 0 Å². The molecule has 1 aliphatic heterocycles. The average molecular weight is 383 g/mol. The van der Waals surface area contributed by atoms with Crippen LogP contribution in [-0.2, 0) is 16.2 Å². The number of oxime groups is 1. The van der Waals surface area contributed by atoms with Gasteiger partial charge in [0.15, 0.2) is 6.10 Å². The van der Waals surface area contributed by atoms with E-state index in [4.69, 9.17) is 4.84 Å². The molecule has 2 aromatic rings. The van der Waals surface area contributed by atoms with Crippen molar-refractivity contribution < 1.29 is 14.0 Å². The maximum Gasteiger partial charge on any atom is 0.223 e. The molecule has 1 aromatic carbocycles. The molecule has 148 valence electrons. The molecule has 0 aliphatic carbocycles. The van der Waals surface area contributed by atoms with Gasteiger partial charge in [-0.3, -0.25) is 9.78 Å². The van der Waals surface area contributed by atoms with Crippen molar-refractivity contribution in [2.24, 2.45) is 10.6 Å². The predicted octanol–water partition coefficient (Wildman–Crippen LogP) is 4.18. The summed E-state index contributed by atoms with van der Waals surface area (Å²) in [5, 5.41) is 4.18. The normalized spacial score (nSPS) is 16.4. The zero-order chi connectivity index (χ0) is 20.1. The van der Waals surface area contributed by atoms with Gasteiger partial charge in [0.1, 0.15) is 5.82 Å². The van der Waals surface area contributed by atoms with Gasteiger partial charge in [-0.25, -0.2) is 4.39 Å². The zero-order valence-corrected chi connectivity index (χ0v) is 16.6. The molecule has 2 heterocycles. The quantitative estimate of drug-likeness (QED) is 0.752. The lowest BCUT2D eigenvalue weighted by Gasteiger charge is -2.28. The topological polar surface area (TPSA) is 54.8 Å². The molecular weight excluding hydrogens is 357 g/mol. The summed E-state index contributed by atoms with van der Waals surface area (Å²) in [6.45, 7) is 6.96. The van der Waals surface area contributed by atoms with E-state index in [1.807, 2.05) is 32.9 Å². The van der Waals surface area contributed by atoms with E-state index in [-0.39, 0.29) is 23.2 Å². The number of carbonyl (C=O) groups excluding carboxylic acids is 1. The minimum Gasteiger partial charge on any atom is -0.390 e. The Kier molecular flexibility index (Phi) is 6.07. The summed E-state index contributed by atoms with van der Waals surface area (Å²) in [5.41, 5.74) is 2.53. The fraction of sp³-hybridized carbons (Fsp3) is 0.409. The zero-order valence-electron chi connectivity index (χ0n) is 16.6. The minimum absolute atomic E-state index is 0.0512. The van der Waals surface area contributed by atoms with Gasteiger partial charge in [0, 0.05) is 37.3 Å². The van der Waals surface area contributed by atoms with Crippen LogP contribution in [0.5, 0.6) is 0 Å². The van der Waals surface area contributed by atoms with Gasteiger partial charge in [0.05, 0.1) is 12.3 Å². The van der Waals surface area contributed by atoms with Gasteiger partial charge in [-0.15, -0.1) is 0 Å². The number of hydrogen-bond donors (Lipinski definition) is 0. The number of carbonyl (C=O) groups is 1. The number of halogens is 1. The molecule has 3 rings (SSSR count). The van der Waals surface area contributed by atoms with Crippen molar-refractivity contribution in [2.75, 3.05) is 6.54 Å². The second-order valence-corrected chi connectivity index (χ2v) is 8.35. The summed E-state index contributed by atoms with van der Waals surface area (Å²) < 4.78 is 13.2. The molecule has 0 N–H and O–H groups in total. The van der Waals surface area contributed by atoms with Crippen LogP contribution in [0.25, 0.3) is 0 Å². The molecule has 1 atom stereocenters. The number of benzene rings is 1.